The smallest absolute Gasteiger partial charge is 0.297 e. The second kappa shape index (κ2) is 8.58. The zero-order valence-electron chi connectivity index (χ0n) is 17.2. The SMILES string of the molecule is C=C(C)C[C@H](CC(C)C)OB1C2CCCC(CCC2)[C@@H]1[Si](C)(C)C. The largest absolute Gasteiger partial charge is 0.433 e. The fourth-order valence-electron chi connectivity index (χ4n) is 5.54. The minimum absolute atomic E-state index is 0.380. The monoisotopic (exact) mass is 348 g/mol. The van der Waals surface area contributed by atoms with Crippen molar-refractivity contribution in [1.82, 2.24) is 0 Å². The molecule has 3 heteroatoms. The maximum absolute atomic E-state index is 7.02. The van der Waals surface area contributed by atoms with E-state index in [-0.39, 0.29) is 0 Å². The Morgan fingerprint density at radius 3 is 2.17 bits per heavy atom. The van der Waals surface area contributed by atoms with E-state index in [4.69, 9.17) is 4.65 Å². The van der Waals surface area contributed by atoms with Crippen molar-refractivity contribution < 1.29 is 4.65 Å². The average molecular weight is 348 g/mol. The molecule has 0 spiro atoms. The van der Waals surface area contributed by atoms with E-state index in [1.807, 2.05) is 0 Å². The Hall–Kier alpha value is -0.0182. The van der Waals surface area contributed by atoms with Crippen molar-refractivity contribution in [3.8, 4) is 0 Å². The Bertz CT molecular complexity index is 405. The molecule has 0 N–H and O–H groups in total. The van der Waals surface area contributed by atoms with E-state index in [2.05, 4.69) is 47.0 Å². The van der Waals surface area contributed by atoms with E-state index in [0.717, 1.165) is 23.6 Å². The molecule has 138 valence electrons. The Kier molecular flexibility index (Phi) is 7.25. The first kappa shape index (κ1) is 20.3. The summed E-state index contributed by atoms with van der Waals surface area (Å²) in [5.41, 5.74) is 2.13. The molecule has 0 aromatic heterocycles. The van der Waals surface area contributed by atoms with Crippen LogP contribution in [0.1, 0.15) is 72.1 Å². The predicted octanol–water partition coefficient (Wildman–Crippen LogP) is 6.98. The second-order valence-electron chi connectivity index (χ2n) is 10.3. The van der Waals surface area contributed by atoms with Gasteiger partial charge in [-0.1, -0.05) is 77.6 Å². The van der Waals surface area contributed by atoms with Crippen molar-refractivity contribution >= 4 is 15.0 Å². The summed E-state index contributed by atoms with van der Waals surface area (Å²) in [7, 11) is -1.23. The standard InChI is InChI=1S/C21H41BOSi/c1-16(2)14-20(15-17(3)4)23-22-19-12-8-10-18(11-9-13-19)21(22)24(5,6)7/h17-21H,1,8-15H2,2-7H3/t18?,19?,20-,21+/m1/s1. The van der Waals surface area contributed by atoms with Gasteiger partial charge < -0.3 is 4.65 Å². The third-order valence-electron chi connectivity index (χ3n) is 6.29. The lowest BCUT2D eigenvalue weighted by Gasteiger charge is -2.40. The summed E-state index contributed by atoms with van der Waals surface area (Å²) in [6.45, 7) is 19.3. The van der Waals surface area contributed by atoms with E-state index in [1.54, 1.807) is 0 Å². The fraction of sp³-hybridized carbons (Fsp3) is 0.905. The molecule has 1 nitrogen and oxygen atoms in total. The van der Waals surface area contributed by atoms with Gasteiger partial charge in [0.1, 0.15) is 0 Å². The lowest BCUT2D eigenvalue weighted by molar-refractivity contribution is 0.166. The lowest BCUT2D eigenvalue weighted by atomic mass is 9.50. The van der Waals surface area contributed by atoms with Crippen molar-refractivity contribution in [2.75, 3.05) is 0 Å². The minimum atomic E-state index is -1.23. The van der Waals surface area contributed by atoms with Crippen LogP contribution < -0.4 is 0 Å². The average Bonchev–Trinajstić information content (AvgIpc) is 2.64. The molecule has 2 fully saturated rings. The van der Waals surface area contributed by atoms with Crippen molar-refractivity contribution in [3.05, 3.63) is 12.2 Å². The van der Waals surface area contributed by atoms with Crippen LogP contribution in [0.25, 0.3) is 0 Å². The summed E-state index contributed by atoms with van der Waals surface area (Å²) in [5, 5.41) is 0. The summed E-state index contributed by atoms with van der Waals surface area (Å²) < 4.78 is 7.02. The maximum atomic E-state index is 7.02. The molecule has 0 radical (unpaired) electrons. The van der Waals surface area contributed by atoms with Crippen LogP contribution in [0.2, 0.25) is 30.9 Å². The molecule has 2 rings (SSSR count). The first-order valence-electron chi connectivity index (χ1n) is 10.5. The summed E-state index contributed by atoms with van der Waals surface area (Å²) in [6, 6.07) is 0. The zero-order chi connectivity index (χ0) is 17.9. The molecule has 0 aliphatic carbocycles. The van der Waals surface area contributed by atoms with Crippen LogP contribution in [0.15, 0.2) is 12.2 Å². The van der Waals surface area contributed by atoms with Crippen LogP contribution in [0.5, 0.6) is 0 Å². The van der Waals surface area contributed by atoms with Gasteiger partial charge in [0.15, 0.2) is 0 Å². The number of hydrogen-bond donors (Lipinski definition) is 0. The number of fused-ring (bicyclic) bond motifs is 3. The highest BCUT2D eigenvalue weighted by atomic mass is 28.3. The molecule has 0 unspecified atom stereocenters. The number of hydrogen-bond acceptors (Lipinski definition) is 1. The van der Waals surface area contributed by atoms with Gasteiger partial charge in [-0.2, -0.15) is 0 Å². The summed E-state index contributed by atoms with van der Waals surface area (Å²) in [5.74, 6) is 2.44. The zero-order valence-corrected chi connectivity index (χ0v) is 18.2. The maximum Gasteiger partial charge on any atom is 0.297 e. The molecule has 0 aromatic carbocycles. The molecule has 2 saturated heterocycles. The van der Waals surface area contributed by atoms with Crippen LogP contribution in [-0.2, 0) is 4.65 Å². The Labute approximate surface area is 153 Å². The van der Waals surface area contributed by atoms with E-state index >= 15 is 0 Å². The van der Waals surface area contributed by atoms with Crippen molar-refractivity contribution in [1.29, 1.82) is 0 Å². The molecular formula is C21H41BOSi. The number of rotatable bonds is 7. The van der Waals surface area contributed by atoms with Gasteiger partial charge in [-0.25, -0.2) is 0 Å². The second-order valence-corrected chi connectivity index (χ2v) is 15.7. The van der Waals surface area contributed by atoms with E-state index in [1.165, 1.54) is 50.5 Å². The lowest BCUT2D eigenvalue weighted by Crippen LogP contribution is -2.46. The fourth-order valence-corrected chi connectivity index (χ4v) is 8.63. The Balaban J connectivity index is 2.25. The summed E-state index contributed by atoms with van der Waals surface area (Å²) in [4.78, 5) is 0. The van der Waals surface area contributed by atoms with Crippen molar-refractivity contribution in [2.24, 2.45) is 11.8 Å². The Morgan fingerprint density at radius 2 is 1.71 bits per heavy atom. The molecule has 2 bridgehead atoms. The quantitative estimate of drug-likeness (QED) is 0.356. The normalized spacial score (nSPS) is 29.5. The highest BCUT2D eigenvalue weighted by molar-refractivity contribution is 6.88. The Morgan fingerprint density at radius 1 is 1.12 bits per heavy atom. The van der Waals surface area contributed by atoms with Gasteiger partial charge in [-0.15, -0.1) is 6.58 Å². The molecule has 0 amide bonds. The van der Waals surface area contributed by atoms with E-state index in [0.29, 0.717) is 18.9 Å². The van der Waals surface area contributed by atoms with E-state index in [9.17, 15) is 0 Å². The van der Waals surface area contributed by atoms with Gasteiger partial charge in [-0.3, -0.25) is 0 Å². The highest BCUT2D eigenvalue weighted by Gasteiger charge is 2.49. The van der Waals surface area contributed by atoms with Gasteiger partial charge in [0.05, 0.1) is 0 Å². The van der Waals surface area contributed by atoms with Gasteiger partial charge in [0.2, 0.25) is 0 Å². The minimum Gasteiger partial charge on any atom is -0.433 e. The highest BCUT2D eigenvalue weighted by Crippen LogP contribution is 2.51. The molecule has 2 aliphatic rings. The third kappa shape index (κ3) is 5.49. The molecule has 2 atom stereocenters. The van der Waals surface area contributed by atoms with Crippen LogP contribution >= 0.6 is 0 Å². The molecule has 24 heavy (non-hydrogen) atoms. The van der Waals surface area contributed by atoms with Crippen LogP contribution in [-0.4, -0.2) is 21.1 Å². The van der Waals surface area contributed by atoms with Crippen molar-refractivity contribution in [2.45, 2.75) is 109 Å². The summed E-state index contributed by atoms with van der Waals surface area (Å²) in [6.07, 6.45) is 11.2. The summed E-state index contributed by atoms with van der Waals surface area (Å²) >= 11 is 0. The first-order chi connectivity index (χ1) is 11.2. The van der Waals surface area contributed by atoms with Gasteiger partial charge in [0.25, 0.3) is 6.92 Å². The van der Waals surface area contributed by atoms with Gasteiger partial charge in [-0.05, 0) is 42.9 Å². The molecule has 0 saturated carbocycles. The van der Waals surface area contributed by atoms with Crippen LogP contribution in [0, 0.1) is 11.8 Å². The first-order valence-corrected chi connectivity index (χ1v) is 14.1. The predicted molar refractivity (Wildman–Crippen MR) is 112 cm³/mol. The van der Waals surface area contributed by atoms with Crippen LogP contribution in [0.4, 0.5) is 0 Å². The molecule has 0 aromatic rings. The third-order valence-corrected chi connectivity index (χ3v) is 9.09. The molecule has 2 heterocycles. The van der Waals surface area contributed by atoms with Gasteiger partial charge in [0, 0.05) is 14.2 Å². The van der Waals surface area contributed by atoms with Crippen molar-refractivity contribution in [3.63, 3.8) is 0 Å². The topological polar surface area (TPSA) is 9.23 Å². The van der Waals surface area contributed by atoms with Crippen LogP contribution in [0.3, 0.4) is 0 Å². The molecular weight excluding hydrogens is 307 g/mol. The van der Waals surface area contributed by atoms with Gasteiger partial charge >= 0.3 is 0 Å². The van der Waals surface area contributed by atoms with E-state index < -0.39 is 8.07 Å². The molecule has 2 aliphatic heterocycles.